The first kappa shape index (κ1) is 13.6. The van der Waals surface area contributed by atoms with Crippen LogP contribution in [0.1, 0.15) is 5.56 Å². The van der Waals surface area contributed by atoms with Crippen LogP contribution in [0, 0.1) is 5.21 Å². The molecule has 5 heteroatoms. The van der Waals surface area contributed by atoms with Crippen LogP contribution in [0.25, 0.3) is 0 Å². The summed E-state index contributed by atoms with van der Waals surface area (Å²) in [5.74, 6) is 0.119. The molecule has 0 aliphatic carbocycles. The third kappa shape index (κ3) is 4.13. The van der Waals surface area contributed by atoms with Crippen molar-refractivity contribution in [1.82, 2.24) is 0 Å². The quantitative estimate of drug-likeness (QED) is 0.392. The number of aliphatic carboxylic acids is 1. The van der Waals surface area contributed by atoms with Crippen LogP contribution >= 0.6 is 0 Å². The van der Waals surface area contributed by atoms with Gasteiger partial charge in [0.05, 0.1) is 0 Å². The van der Waals surface area contributed by atoms with Crippen LogP contribution in [-0.2, 0) is 11.3 Å². The summed E-state index contributed by atoms with van der Waals surface area (Å²) in [7, 11) is 0. The van der Waals surface area contributed by atoms with E-state index in [1.54, 1.807) is 24.3 Å². The Morgan fingerprint density at radius 3 is 2.30 bits per heavy atom. The second-order valence-corrected chi connectivity index (χ2v) is 4.10. The highest BCUT2D eigenvalue weighted by Crippen LogP contribution is 2.21. The molecule has 0 saturated heterocycles. The molecule has 5 nitrogen and oxygen atoms in total. The maximum Gasteiger partial charge on any atom is 0.394 e. The van der Waals surface area contributed by atoms with Gasteiger partial charge in [0.2, 0.25) is 0 Å². The van der Waals surface area contributed by atoms with E-state index in [-0.39, 0.29) is 6.54 Å². The molecule has 0 fully saturated rings. The highest BCUT2D eigenvalue weighted by Gasteiger charge is 2.03. The van der Waals surface area contributed by atoms with Crippen molar-refractivity contribution in [2.75, 3.05) is 0 Å². The van der Waals surface area contributed by atoms with Gasteiger partial charge in [-0.15, -0.1) is 0 Å². The molecule has 0 spiro atoms. The van der Waals surface area contributed by atoms with Crippen molar-refractivity contribution in [3.05, 3.63) is 65.4 Å². The Labute approximate surface area is 116 Å². The minimum Gasteiger partial charge on any atom is -0.623 e. The van der Waals surface area contributed by atoms with Crippen LogP contribution in [-0.4, -0.2) is 22.0 Å². The monoisotopic (exact) mass is 271 g/mol. The molecule has 0 unspecified atom stereocenters. The van der Waals surface area contributed by atoms with Crippen molar-refractivity contribution in [3.8, 4) is 11.5 Å². The van der Waals surface area contributed by atoms with Gasteiger partial charge in [-0.2, -0.15) is 0 Å². The second kappa shape index (κ2) is 6.38. The molecule has 0 atom stereocenters. The van der Waals surface area contributed by atoms with E-state index in [0.29, 0.717) is 22.3 Å². The number of carbonyl (C=O) groups is 1. The van der Waals surface area contributed by atoms with Crippen molar-refractivity contribution < 1.29 is 19.4 Å². The first-order valence-corrected chi connectivity index (χ1v) is 5.97. The normalized spacial score (nSPS) is 11.1. The van der Waals surface area contributed by atoms with Crippen LogP contribution in [0.15, 0.2) is 54.6 Å². The fourth-order valence-electron chi connectivity index (χ4n) is 1.64. The molecular formula is C15H13NO4. The number of carboxylic acids is 1. The minimum atomic E-state index is -1.26. The van der Waals surface area contributed by atoms with E-state index in [9.17, 15) is 10.0 Å². The Morgan fingerprint density at radius 2 is 1.70 bits per heavy atom. The lowest BCUT2D eigenvalue weighted by Crippen LogP contribution is -2.11. The summed E-state index contributed by atoms with van der Waals surface area (Å²) in [6.07, 6.45) is 0.592. The lowest BCUT2D eigenvalue weighted by Gasteiger charge is -2.07. The maximum atomic E-state index is 11.2. The second-order valence-electron chi connectivity index (χ2n) is 4.10. The highest BCUT2D eigenvalue weighted by molar-refractivity contribution is 6.19. The average Bonchev–Trinajstić information content (AvgIpc) is 2.41. The van der Waals surface area contributed by atoms with Crippen molar-refractivity contribution in [2.45, 2.75) is 6.54 Å². The van der Waals surface area contributed by atoms with Gasteiger partial charge in [0, 0.05) is 5.56 Å². The van der Waals surface area contributed by atoms with Crippen LogP contribution in [0.5, 0.6) is 11.5 Å². The van der Waals surface area contributed by atoms with Crippen LogP contribution in [0.3, 0.4) is 0 Å². The number of carboxylic acid groups (broad SMARTS) is 1. The molecule has 0 amide bonds. The smallest absolute Gasteiger partial charge is 0.394 e. The molecule has 2 aromatic carbocycles. The molecule has 0 radical (unpaired) electrons. The lowest BCUT2D eigenvalue weighted by atomic mass is 10.2. The predicted octanol–water partition coefficient (Wildman–Crippen LogP) is 2.64. The van der Waals surface area contributed by atoms with Crippen molar-refractivity contribution in [1.29, 1.82) is 0 Å². The van der Waals surface area contributed by atoms with Crippen molar-refractivity contribution in [2.24, 2.45) is 0 Å². The van der Waals surface area contributed by atoms with E-state index in [1.165, 1.54) is 0 Å². The highest BCUT2D eigenvalue weighted by atomic mass is 16.5. The predicted molar refractivity (Wildman–Crippen MR) is 74.0 cm³/mol. The first-order chi connectivity index (χ1) is 9.63. The molecule has 102 valence electrons. The molecule has 0 bridgehead atoms. The Kier molecular flexibility index (Phi) is 4.34. The number of benzene rings is 2. The topological polar surface area (TPSA) is 72.6 Å². The molecule has 0 aromatic heterocycles. The number of hydrogen-bond acceptors (Lipinski definition) is 3. The largest absolute Gasteiger partial charge is 0.623 e. The SMILES string of the molecule is O=C(O)/C=[N+](/[O-])Cc1ccc(Oc2ccccc2)cc1. The van der Waals surface area contributed by atoms with Gasteiger partial charge in [-0.25, -0.2) is 9.53 Å². The van der Waals surface area contributed by atoms with Crippen LogP contribution < -0.4 is 4.74 Å². The molecule has 0 aliphatic heterocycles. The molecule has 2 rings (SSSR count). The minimum absolute atomic E-state index is 0.0160. The molecule has 0 aliphatic rings. The first-order valence-electron chi connectivity index (χ1n) is 5.97. The summed E-state index contributed by atoms with van der Waals surface area (Å²) in [4.78, 5) is 10.3. The number of ether oxygens (including phenoxy) is 1. The number of nitrogens with zero attached hydrogens (tertiary/aromatic N) is 1. The average molecular weight is 271 g/mol. The van der Waals surface area contributed by atoms with Gasteiger partial charge in [0.15, 0.2) is 6.54 Å². The Hall–Kier alpha value is -2.82. The van der Waals surface area contributed by atoms with Gasteiger partial charge < -0.3 is 15.1 Å². The maximum absolute atomic E-state index is 11.2. The summed E-state index contributed by atoms with van der Waals surface area (Å²) in [6.45, 7) is -0.0160. The van der Waals surface area contributed by atoms with Crippen LogP contribution in [0.2, 0.25) is 0 Å². The van der Waals surface area contributed by atoms with E-state index in [1.807, 2.05) is 30.3 Å². The molecular weight excluding hydrogens is 258 g/mol. The summed E-state index contributed by atoms with van der Waals surface area (Å²) >= 11 is 0. The van der Waals surface area contributed by atoms with E-state index in [0.717, 1.165) is 5.75 Å². The molecule has 20 heavy (non-hydrogen) atoms. The van der Waals surface area contributed by atoms with Gasteiger partial charge in [-0.3, -0.25) is 0 Å². The fraction of sp³-hybridized carbons (Fsp3) is 0.0667. The number of rotatable bonds is 5. The van der Waals surface area contributed by atoms with Crippen molar-refractivity contribution in [3.63, 3.8) is 0 Å². The number of para-hydroxylation sites is 1. The standard InChI is InChI=1S/C15H13NO4/c17-15(18)11-16(19)10-12-6-8-14(9-7-12)20-13-4-2-1-3-5-13/h1-9,11H,10H2,(H,17,18)/b16-11+. The molecule has 0 heterocycles. The van der Waals surface area contributed by atoms with Gasteiger partial charge >= 0.3 is 5.97 Å². The summed E-state index contributed by atoms with van der Waals surface area (Å²) in [5, 5.41) is 19.7. The van der Waals surface area contributed by atoms with E-state index < -0.39 is 5.97 Å². The summed E-state index contributed by atoms with van der Waals surface area (Å²) < 4.78 is 5.98. The van der Waals surface area contributed by atoms with Gasteiger partial charge in [0.1, 0.15) is 11.5 Å². The van der Waals surface area contributed by atoms with E-state index >= 15 is 0 Å². The molecule has 1 N–H and O–H groups in total. The third-order valence-corrected chi connectivity index (χ3v) is 2.50. The zero-order chi connectivity index (χ0) is 14.4. The zero-order valence-electron chi connectivity index (χ0n) is 10.6. The Balaban J connectivity index is 2.01. The zero-order valence-corrected chi connectivity index (χ0v) is 10.6. The third-order valence-electron chi connectivity index (χ3n) is 2.50. The number of hydroxylamine groups is 1. The van der Waals surface area contributed by atoms with Crippen molar-refractivity contribution >= 4 is 12.2 Å². The van der Waals surface area contributed by atoms with Gasteiger partial charge in [-0.1, -0.05) is 18.2 Å². The van der Waals surface area contributed by atoms with Gasteiger partial charge in [-0.05, 0) is 36.4 Å². The Morgan fingerprint density at radius 1 is 1.10 bits per heavy atom. The summed E-state index contributed by atoms with van der Waals surface area (Å²) in [6, 6.07) is 16.2. The van der Waals surface area contributed by atoms with Gasteiger partial charge in [0.25, 0.3) is 6.21 Å². The summed E-state index contributed by atoms with van der Waals surface area (Å²) in [5.41, 5.74) is 0.706. The van der Waals surface area contributed by atoms with Crippen LogP contribution in [0.4, 0.5) is 0 Å². The van der Waals surface area contributed by atoms with E-state index in [2.05, 4.69) is 0 Å². The Bertz CT molecular complexity index is 606. The lowest BCUT2D eigenvalue weighted by molar-refractivity contribution is -0.469. The fourth-order valence-corrected chi connectivity index (χ4v) is 1.64. The molecule has 0 saturated carbocycles. The number of hydrogen-bond donors (Lipinski definition) is 1. The molecule has 2 aromatic rings. The van der Waals surface area contributed by atoms with E-state index in [4.69, 9.17) is 9.84 Å².